The molecular formula is C14H26N2. The van der Waals surface area contributed by atoms with Gasteiger partial charge >= 0.3 is 0 Å². The van der Waals surface area contributed by atoms with Crippen LogP contribution in [0.3, 0.4) is 0 Å². The van der Waals surface area contributed by atoms with E-state index in [1.54, 1.807) is 0 Å². The van der Waals surface area contributed by atoms with Crippen LogP contribution in [0.15, 0.2) is 12.5 Å². The Kier molecular flexibility index (Phi) is 5.58. The Morgan fingerprint density at radius 2 is 1.81 bits per heavy atom. The number of nitrogens with zero attached hydrogens (tertiary/aromatic N) is 2. The van der Waals surface area contributed by atoms with Gasteiger partial charge in [-0.05, 0) is 26.7 Å². The standard InChI is InChI=1S/C12H20N2.C2H6/c1-10(2)14-9-13-8-12(14)11-6-4-3-5-7-11;1-2/h8-11H,3-7H2,1-2H3;1-2H3. The summed E-state index contributed by atoms with van der Waals surface area (Å²) in [6, 6.07) is 0.550. The smallest absolute Gasteiger partial charge is 0.0950 e. The first-order valence-electron chi connectivity index (χ1n) is 6.80. The molecule has 1 aliphatic rings. The van der Waals surface area contributed by atoms with Gasteiger partial charge in [0.25, 0.3) is 0 Å². The molecule has 92 valence electrons. The summed E-state index contributed by atoms with van der Waals surface area (Å²) < 4.78 is 2.33. The lowest BCUT2D eigenvalue weighted by molar-refractivity contribution is 0.415. The third kappa shape index (κ3) is 3.10. The molecule has 1 aliphatic carbocycles. The number of aromatic nitrogens is 2. The molecule has 1 aromatic rings. The van der Waals surface area contributed by atoms with Gasteiger partial charge in [-0.3, -0.25) is 0 Å². The molecular weight excluding hydrogens is 196 g/mol. The van der Waals surface area contributed by atoms with Gasteiger partial charge in [0, 0.05) is 23.9 Å². The molecule has 0 radical (unpaired) electrons. The van der Waals surface area contributed by atoms with Crippen molar-refractivity contribution in [2.45, 2.75) is 71.8 Å². The first kappa shape index (κ1) is 13.3. The lowest BCUT2D eigenvalue weighted by Crippen LogP contribution is -2.11. The lowest BCUT2D eigenvalue weighted by Gasteiger charge is -2.24. The minimum Gasteiger partial charge on any atom is -0.332 e. The molecule has 1 heterocycles. The van der Waals surface area contributed by atoms with Crippen LogP contribution in [-0.4, -0.2) is 9.55 Å². The highest BCUT2D eigenvalue weighted by molar-refractivity contribution is 5.08. The Morgan fingerprint density at radius 3 is 2.38 bits per heavy atom. The van der Waals surface area contributed by atoms with E-state index in [-0.39, 0.29) is 0 Å². The minimum absolute atomic E-state index is 0.550. The minimum atomic E-state index is 0.550. The second-order valence-corrected chi connectivity index (χ2v) is 4.65. The summed E-state index contributed by atoms with van der Waals surface area (Å²) in [7, 11) is 0. The highest BCUT2D eigenvalue weighted by atomic mass is 15.1. The fourth-order valence-electron chi connectivity index (χ4n) is 2.46. The number of hydrogen-bond acceptors (Lipinski definition) is 1. The van der Waals surface area contributed by atoms with Gasteiger partial charge in [0.2, 0.25) is 0 Å². The molecule has 1 fully saturated rings. The van der Waals surface area contributed by atoms with Crippen LogP contribution in [0.4, 0.5) is 0 Å². The van der Waals surface area contributed by atoms with Crippen LogP contribution in [-0.2, 0) is 0 Å². The Balaban J connectivity index is 0.000000606. The summed E-state index contributed by atoms with van der Waals surface area (Å²) in [6.07, 6.45) is 11.0. The van der Waals surface area contributed by atoms with Gasteiger partial charge in [-0.25, -0.2) is 4.98 Å². The van der Waals surface area contributed by atoms with Crippen LogP contribution >= 0.6 is 0 Å². The summed E-state index contributed by atoms with van der Waals surface area (Å²) in [5, 5.41) is 0. The topological polar surface area (TPSA) is 17.8 Å². The van der Waals surface area contributed by atoms with Crippen LogP contribution in [0.1, 0.15) is 77.5 Å². The molecule has 0 aliphatic heterocycles. The van der Waals surface area contributed by atoms with Crippen LogP contribution in [0.2, 0.25) is 0 Å². The van der Waals surface area contributed by atoms with Crippen molar-refractivity contribution >= 4 is 0 Å². The van der Waals surface area contributed by atoms with Gasteiger partial charge in [0.05, 0.1) is 6.33 Å². The van der Waals surface area contributed by atoms with E-state index < -0.39 is 0 Å². The highest BCUT2D eigenvalue weighted by Crippen LogP contribution is 2.33. The quantitative estimate of drug-likeness (QED) is 0.718. The van der Waals surface area contributed by atoms with Gasteiger partial charge in [-0.1, -0.05) is 33.1 Å². The zero-order chi connectivity index (χ0) is 12.0. The van der Waals surface area contributed by atoms with Gasteiger partial charge < -0.3 is 4.57 Å². The zero-order valence-corrected chi connectivity index (χ0v) is 11.2. The van der Waals surface area contributed by atoms with E-state index in [0.717, 1.165) is 5.92 Å². The summed E-state index contributed by atoms with van der Waals surface area (Å²) in [4.78, 5) is 4.28. The largest absolute Gasteiger partial charge is 0.332 e. The van der Waals surface area contributed by atoms with Crippen molar-refractivity contribution in [3.8, 4) is 0 Å². The highest BCUT2D eigenvalue weighted by Gasteiger charge is 2.19. The third-order valence-corrected chi connectivity index (χ3v) is 3.28. The summed E-state index contributed by atoms with van der Waals surface area (Å²) in [5.41, 5.74) is 1.46. The first-order chi connectivity index (χ1) is 7.79. The van der Waals surface area contributed by atoms with E-state index in [1.165, 1.54) is 37.8 Å². The number of hydrogen-bond donors (Lipinski definition) is 0. The number of rotatable bonds is 2. The van der Waals surface area contributed by atoms with Crippen molar-refractivity contribution in [1.29, 1.82) is 0 Å². The van der Waals surface area contributed by atoms with Crippen molar-refractivity contribution in [3.63, 3.8) is 0 Å². The van der Waals surface area contributed by atoms with E-state index in [1.807, 2.05) is 20.2 Å². The molecule has 0 atom stereocenters. The molecule has 0 N–H and O–H groups in total. The summed E-state index contributed by atoms with van der Waals surface area (Å²) >= 11 is 0. The van der Waals surface area contributed by atoms with Gasteiger partial charge in [0.15, 0.2) is 0 Å². The second kappa shape index (κ2) is 6.72. The molecule has 0 spiro atoms. The Labute approximate surface area is 100 Å². The monoisotopic (exact) mass is 222 g/mol. The predicted molar refractivity (Wildman–Crippen MR) is 69.8 cm³/mol. The Morgan fingerprint density at radius 1 is 1.19 bits per heavy atom. The SMILES string of the molecule is CC.CC(C)n1cncc1C1CCCCC1. The van der Waals surface area contributed by atoms with Crippen molar-refractivity contribution in [3.05, 3.63) is 18.2 Å². The third-order valence-electron chi connectivity index (χ3n) is 3.28. The predicted octanol–water partition coefficient (Wildman–Crippen LogP) is 4.54. The maximum Gasteiger partial charge on any atom is 0.0950 e. The van der Waals surface area contributed by atoms with E-state index in [9.17, 15) is 0 Å². The van der Waals surface area contributed by atoms with Crippen molar-refractivity contribution < 1.29 is 0 Å². The van der Waals surface area contributed by atoms with Gasteiger partial charge in [-0.15, -0.1) is 0 Å². The van der Waals surface area contributed by atoms with Crippen LogP contribution in [0.5, 0.6) is 0 Å². The van der Waals surface area contributed by atoms with E-state index in [4.69, 9.17) is 0 Å². The molecule has 0 bridgehead atoms. The number of imidazole rings is 1. The first-order valence-corrected chi connectivity index (χ1v) is 6.80. The lowest BCUT2D eigenvalue weighted by atomic mass is 9.87. The fraction of sp³-hybridized carbons (Fsp3) is 0.786. The molecule has 1 aromatic heterocycles. The summed E-state index contributed by atoms with van der Waals surface area (Å²) in [6.45, 7) is 8.46. The maximum atomic E-state index is 4.28. The van der Waals surface area contributed by atoms with Crippen molar-refractivity contribution in [2.24, 2.45) is 0 Å². The fourth-order valence-corrected chi connectivity index (χ4v) is 2.46. The average molecular weight is 222 g/mol. The molecule has 0 aromatic carbocycles. The van der Waals surface area contributed by atoms with Crippen molar-refractivity contribution in [1.82, 2.24) is 9.55 Å². The van der Waals surface area contributed by atoms with E-state index in [2.05, 4.69) is 29.6 Å². The molecule has 0 unspecified atom stereocenters. The Hall–Kier alpha value is -0.790. The van der Waals surface area contributed by atoms with Crippen LogP contribution < -0.4 is 0 Å². The van der Waals surface area contributed by atoms with Crippen LogP contribution in [0, 0.1) is 0 Å². The zero-order valence-electron chi connectivity index (χ0n) is 11.2. The average Bonchev–Trinajstić information content (AvgIpc) is 2.82. The molecule has 2 heteroatoms. The van der Waals surface area contributed by atoms with E-state index >= 15 is 0 Å². The maximum absolute atomic E-state index is 4.28. The normalized spacial score (nSPS) is 17.1. The van der Waals surface area contributed by atoms with E-state index in [0.29, 0.717) is 6.04 Å². The molecule has 2 rings (SSSR count). The molecule has 1 saturated carbocycles. The van der Waals surface area contributed by atoms with Gasteiger partial charge in [-0.2, -0.15) is 0 Å². The Bertz CT molecular complexity index is 283. The summed E-state index contributed by atoms with van der Waals surface area (Å²) in [5.74, 6) is 0.772. The van der Waals surface area contributed by atoms with Crippen LogP contribution in [0.25, 0.3) is 0 Å². The van der Waals surface area contributed by atoms with Crippen molar-refractivity contribution in [2.75, 3.05) is 0 Å². The second-order valence-electron chi connectivity index (χ2n) is 4.65. The molecule has 16 heavy (non-hydrogen) atoms. The molecule has 0 saturated heterocycles. The molecule has 0 amide bonds. The molecule has 2 nitrogen and oxygen atoms in total. The van der Waals surface area contributed by atoms with Gasteiger partial charge in [0.1, 0.15) is 0 Å².